The Labute approximate surface area is 138 Å². The van der Waals surface area contributed by atoms with Gasteiger partial charge >= 0.3 is 0 Å². The van der Waals surface area contributed by atoms with Crippen LogP contribution >= 0.6 is 0 Å². The Morgan fingerprint density at radius 3 is 2.61 bits per heavy atom. The van der Waals surface area contributed by atoms with Crippen molar-refractivity contribution in [3.8, 4) is 0 Å². The van der Waals surface area contributed by atoms with Crippen LogP contribution in [0.3, 0.4) is 0 Å². The normalized spacial score (nSPS) is 24.3. The highest BCUT2D eigenvalue weighted by molar-refractivity contribution is 5.78. The molecule has 1 fully saturated rings. The molecule has 2 rings (SSSR count). The van der Waals surface area contributed by atoms with Crippen molar-refractivity contribution >= 4 is 11.6 Å². The number of carbonyl (C=O) groups excluding carboxylic acids is 1. The first-order valence-corrected chi connectivity index (χ1v) is 8.26. The van der Waals surface area contributed by atoms with Crippen LogP contribution in [-0.4, -0.2) is 51.0 Å². The first-order valence-electron chi connectivity index (χ1n) is 8.26. The van der Waals surface area contributed by atoms with Crippen LogP contribution < -0.4 is 10.2 Å². The maximum Gasteiger partial charge on any atom is 0.223 e. The highest BCUT2D eigenvalue weighted by atomic mass is 16.5. The van der Waals surface area contributed by atoms with E-state index in [1.54, 1.807) is 7.11 Å². The lowest BCUT2D eigenvalue weighted by Crippen LogP contribution is -2.41. The van der Waals surface area contributed by atoms with E-state index in [2.05, 4.69) is 34.5 Å². The molecule has 1 aliphatic carbocycles. The summed E-state index contributed by atoms with van der Waals surface area (Å²) in [7, 11) is 5.62. The van der Waals surface area contributed by atoms with Crippen molar-refractivity contribution in [1.29, 1.82) is 0 Å². The lowest BCUT2D eigenvalue weighted by Gasteiger charge is -2.31. The van der Waals surface area contributed by atoms with Gasteiger partial charge in [0.15, 0.2) is 0 Å². The van der Waals surface area contributed by atoms with Crippen molar-refractivity contribution in [1.82, 2.24) is 5.32 Å². The first kappa shape index (κ1) is 17.8. The van der Waals surface area contributed by atoms with Gasteiger partial charge in [-0.2, -0.15) is 0 Å². The van der Waals surface area contributed by atoms with Crippen molar-refractivity contribution in [2.24, 2.45) is 5.92 Å². The average Bonchev–Trinajstić information content (AvgIpc) is 2.55. The summed E-state index contributed by atoms with van der Waals surface area (Å²) in [6.45, 7) is 0.636. The number of nitrogens with one attached hydrogen (secondary N) is 1. The highest BCUT2D eigenvalue weighted by Gasteiger charge is 2.32. The standard InChI is InChI=1S/C18H28N2O3/c1-20(2)15-7-4-13(5-8-15)10-11-19-18(22)14-6-9-16(21)17(12-14)23-3/h4-5,7-8,14,16-17,21H,6,9-12H2,1-3H3,(H,19,22)/t14-,16+,17-/m1/s1. The largest absolute Gasteiger partial charge is 0.390 e. The van der Waals surface area contributed by atoms with E-state index in [0.717, 1.165) is 12.8 Å². The zero-order chi connectivity index (χ0) is 16.8. The van der Waals surface area contributed by atoms with Crippen LogP contribution in [0.4, 0.5) is 5.69 Å². The third-order valence-corrected chi connectivity index (χ3v) is 4.60. The molecule has 0 aromatic heterocycles. The second-order valence-electron chi connectivity index (χ2n) is 6.45. The lowest BCUT2D eigenvalue weighted by atomic mass is 9.84. The number of amides is 1. The van der Waals surface area contributed by atoms with Crippen LogP contribution in [0.2, 0.25) is 0 Å². The lowest BCUT2D eigenvalue weighted by molar-refractivity contribution is -0.130. The number of anilines is 1. The predicted molar refractivity (Wildman–Crippen MR) is 91.6 cm³/mol. The van der Waals surface area contributed by atoms with E-state index in [4.69, 9.17) is 4.74 Å². The summed E-state index contributed by atoms with van der Waals surface area (Å²) in [6.07, 6.45) is 2.11. The predicted octanol–water partition coefficient (Wildman–Crippen LogP) is 1.59. The number of ether oxygens (including phenoxy) is 1. The SMILES string of the molecule is CO[C@@H]1C[C@H](C(=O)NCCc2ccc(N(C)C)cc2)CC[C@@H]1O. The van der Waals surface area contributed by atoms with E-state index < -0.39 is 6.10 Å². The molecule has 3 atom stereocenters. The molecule has 0 unspecified atom stereocenters. The van der Waals surface area contributed by atoms with E-state index in [1.807, 2.05) is 14.1 Å². The number of rotatable bonds is 6. The van der Waals surface area contributed by atoms with Gasteiger partial charge in [-0.1, -0.05) is 12.1 Å². The Morgan fingerprint density at radius 1 is 1.30 bits per heavy atom. The molecule has 2 N–H and O–H groups in total. The van der Waals surface area contributed by atoms with Crippen LogP contribution in [0.15, 0.2) is 24.3 Å². The van der Waals surface area contributed by atoms with E-state index in [9.17, 15) is 9.90 Å². The Morgan fingerprint density at radius 2 is 2.00 bits per heavy atom. The summed E-state index contributed by atoms with van der Waals surface area (Å²) in [6, 6.07) is 8.37. The molecule has 1 amide bonds. The molecule has 0 aliphatic heterocycles. The first-order chi connectivity index (χ1) is 11.0. The number of nitrogens with zero attached hydrogens (tertiary/aromatic N) is 1. The molecule has 0 saturated heterocycles. The Balaban J connectivity index is 1.76. The van der Waals surface area contributed by atoms with E-state index in [1.165, 1.54) is 11.3 Å². The quantitative estimate of drug-likeness (QED) is 0.835. The number of aliphatic hydroxyl groups is 1. The van der Waals surface area contributed by atoms with E-state index in [0.29, 0.717) is 19.4 Å². The number of hydrogen-bond acceptors (Lipinski definition) is 4. The molecule has 1 aromatic rings. The maximum atomic E-state index is 12.2. The molecule has 0 bridgehead atoms. The Hall–Kier alpha value is -1.59. The van der Waals surface area contributed by atoms with Crippen LogP contribution in [0, 0.1) is 5.92 Å². The van der Waals surface area contributed by atoms with Crippen LogP contribution in [0.1, 0.15) is 24.8 Å². The average molecular weight is 320 g/mol. The molecule has 1 saturated carbocycles. The van der Waals surface area contributed by atoms with Crippen LogP contribution in [-0.2, 0) is 16.0 Å². The number of benzene rings is 1. The minimum atomic E-state index is -0.445. The minimum Gasteiger partial charge on any atom is -0.390 e. The molecule has 0 spiro atoms. The van der Waals surface area contributed by atoms with Crippen LogP contribution in [0.25, 0.3) is 0 Å². The molecule has 5 heteroatoms. The number of carbonyl (C=O) groups is 1. The molecule has 23 heavy (non-hydrogen) atoms. The zero-order valence-electron chi connectivity index (χ0n) is 14.3. The van der Waals surface area contributed by atoms with Gasteiger partial charge < -0.3 is 20.1 Å². The zero-order valence-corrected chi connectivity index (χ0v) is 14.3. The second kappa shape index (κ2) is 8.31. The van der Waals surface area contributed by atoms with Gasteiger partial charge in [0.1, 0.15) is 0 Å². The van der Waals surface area contributed by atoms with Gasteiger partial charge in [-0.15, -0.1) is 0 Å². The fourth-order valence-electron chi connectivity index (χ4n) is 3.04. The third kappa shape index (κ3) is 4.94. The van der Waals surface area contributed by atoms with Gasteiger partial charge in [-0.3, -0.25) is 4.79 Å². The van der Waals surface area contributed by atoms with E-state index in [-0.39, 0.29) is 17.9 Å². The minimum absolute atomic E-state index is 0.0560. The molecule has 128 valence electrons. The van der Waals surface area contributed by atoms with Crippen molar-refractivity contribution in [3.05, 3.63) is 29.8 Å². The summed E-state index contributed by atoms with van der Waals surface area (Å²) < 4.78 is 5.25. The van der Waals surface area contributed by atoms with Gasteiger partial charge in [0.05, 0.1) is 12.2 Å². The second-order valence-corrected chi connectivity index (χ2v) is 6.45. The fraction of sp³-hybridized carbons (Fsp3) is 0.611. The molecule has 5 nitrogen and oxygen atoms in total. The molecule has 0 radical (unpaired) electrons. The topological polar surface area (TPSA) is 61.8 Å². The smallest absolute Gasteiger partial charge is 0.223 e. The summed E-state index contributed by atoms with van der Waals surface area (Å²) in [4.78, 5) is 14.3. The van der Waals surface area contributed by atoms with Gasteiger partial charge in [0.25, 0.3) is 0 Å². The van der Waals surface area contributed by atoms with Gasteiger partial charge in [-0.25, -0.2) is 0 Å². The van der Waals surface area contributed by atoms with Gasteiger partial charge in [-0.05, 0) is 43.4 Å². The molecular formula is C18H28N2O3. The highest BCUT2D eigenvalue weighted by Crippen LogP contribution is 2.26. The fourth-order valence-corrected chi connectivity index (χ4v) is 3.04. The Bertz CT molecular complexity index is 501. The van der Waals surface area contributed by atoms with Crippen molar-refractivity contribution in [3.63, 3.8) is 0 Å². The summed E-state index contributed by atoms with van der Waals surface area (Å²) >= 11 is 0. The molecule has 1 aromatic carbocycles. The summed E-state index contributed by atoms with van der Waals surface area (Å²) in [5, 5.41) is 12.8. The van der Waals surface area contributed by atoms with Gasteiger partial charge in [0.2, 0.25) is 5.91 Å². The summed E-state index contributed by atoms with van der Waals surface area (Å²) in [5.41, 5.74) is 2.38. The van der Waals surface area contributed by atoms with Gasteiger partial charge in [0, 0.05) is 39.4 Å². The summed E-state index contributed by atoms with van der Waals surface area (Å²) in [5.74, 6) is 0.0170. The molecule has 0 heterocycles. The number of aliphatic hydroxyl groups excluding tert-OH is 1. The van der Waals surface area contributed by atoms with Crippen molar-refractivity contribution in [2.75, 3.05) is 32.6 Å². The number of methoxy groups -OCH3 is 1. The number of hydrogen-bond donors (Lipinski definition) is 2. The van der Waals surface area contributed by atoms with Crippen LogP contribution in [0.5, 0.6) is 0 Å². The van der Waals surface area contributed by atoms with Crippen molar-refractivity contribution in [2.45, 2.75) is 37.9 Å². The maximum absolute atomic E-state index is 12.2. The monoisotopic (exact) mass is 320 g/mol. The van der Waals surface area contributed by atoms with E-state index >= 15 is 0 Å². The molecule has 1 aliphatic rings. The third-order valence-electron chi connectivity index (χ3n) is 4.60. The Kier molecular flexibility index (Phi) is 6.42. The van der Waals surface area contributed by atoms with Crippen molar-refractivity contribution < 1.29 is 14.6 Å². The molecular weight excluding hydrogens is 292 g/mol.